The summed E-state index contributed by atoms with van der Waals surface area (Å²) < 4.78 is 0. The molecule has 0 atom stereocenters. The van der Waals surface area contributed by atoms with Gasteiger partial charge in [0.05, 0.1) is 23.8 Å². The number of benzene rings is 1. The Morgan fingerprint density at radius 3 is 2.57 bits per heavy atom. The fourth-order valence-corrected chi connectivity index (χ4v) is 2.51. The Balaban J connectivity index is 2.39. The van der Waals surface area contributed by atoms with Gasteiger partial charge in [-0.2, -0.15) is 15.0 Å². The van der Waals surface area contributed by atoms with Crippen LogP contribution in [0.3, 0.4) is 0 Å². The van der Waals surface area contributed by atoms with E-state index in [4.69, 9.17) is 0 Å². The number of aryl methyl sites for hydroxylation is 1. The second-order valence-electron chi connectivity index (χ2n) is 5.49. The van der Waals surface area contributed by atoms with Gasteiger partial charge < -0.3 is 5.01 Å². The second kappa shape index (κ2) is 8.48. The van der Waals surface area contributed by atoms with E-state index in [1.54, 1.807) is 17.2 Å². The molecule has 2 aromatic rings. The summed E-state index contributed by atoms with van der Waals surface area (Å²) in [5.74, 6) is 0. The van der Waals surface area contributed by atoms with E-state index in [0.29, 0.717) is 0 Å². The summed E-state index contributed by atoms with van der Waals surface area (Å²) in [6, 6.07) is 6.39. The highest BCUT2D eigenvalue weighted by molar-refractivity contribution is 5.70. The van der Waals surface area contributed by atoms with Crippen molar-refractivity contribution in [3.8, 4) is 5.69 Å². The largest absolute Gasteiger partial charge is 0.308 e. The van der Waals surface area contributed by atoms with Crippen LogP contribution in [0.1, 0.15) is 44.7 Å². The standard InChI is InChI=1S/C18H27N5/c1-5-8-13-22(19-7-3)15(4)17-14-16(6-2)9-10-18(17)23-20-11-12-21-23/h9-12,14,19H,4-8,13H2,1-3H3. The fourth-order valence-electron chi connectivity index (χ4n) is 2.51. The lowest BCUT2D eigenvalue weighted by molar-refractivity contribution is 0.292. The van der Waals surface area contributed by atoms with Crippen LogP contribution in [0, 0.1) is 0 Å². The molecule has 0 spiro atoms. The minimum atomic E-state index is 0.867. The summed E-state index contributed by atoms with van der Waals surface area (Å²) in [5, 5.41) is 10.7. The molecule has 124 valence electrons. The molecule has 0 saturated heterocycles. The maximum Gasteiger partial charge on any atom is 0.0950 e. The summed E-state index contributed by atoms with van der Waals surface area (Å²) in [6.45, 7) is 12.6. The molecule has 0 bridgehead atoms. The molecule has 0 amide bonds. The van der Waals surface area contributed by atoms with Gasteiger partial charge in [0.25, 0.3) is 0 Å². The van der Waals surface area contributed by atoms with E-state index in [1.807, 2.05) is 0 Å². The van der Waals surface area contributed by atoms with Crippen molar-refractivity contribution in [1.29, 1.82) is 0 Å². The molecule has 23 heavy (non-hydrogen) atoms. The molecule has 1 aromatic heterocycles. The number of nitrogens with zero attached hydrogens (tertiary/aromatic N) is 4. The Kier molecular flexibility index (Phi) is 6.35. The van der Waals surface area contributed by atoms with Crippen LogP contribution in [0.5, 0.6) is 0 Å². The highest BCUT2D eigenvalue weighted by atomic mass is 15.5. The molecule has 1 aromatic carbocycles. The van der Waals surface area contributed by atoms with Gasteiger partial charge in [-0.15, -0.1) is 0 Å². The molecule has 0 aliphatic carbocycles. The lowest BCUT2D eigenvalue weighted by atomic mass is 10.0. The molecule has 2 rings (SSSR count). The van der Waals surface area contributed by atoms with E-state index in [0.717, 1.165) is 49.3 Å². The van der Waals surface area contributed by atoms with Gasteiger partial charge in [-0.3, -0.25) is 0 Å². The lowest BCUT2D eigenvalue weighted by Crippen LogP contribution is -2.37. The first-order chi connectivity index (χ1) is 11.2. The van der Waals surface area contributed by atoms with Crippen molar-refractivity contribution < 1.29 is 0 Å². The quantitative estimate of drug-likeness (QED) is 0.721. The third kappa shape index (κ3) is 4.20. The first kappa shape index (κ1) is 17.2. The summed E-state index contributed by atoms with van der Waals surface area (Å²) >= 11 is 0. The van der Waals surface area contributed by atoms with Crippen LogP contribution in [0.25, 0.3) is 11.4 Å². The van der Waals surface area contributed by atoms with Crippen LogP contribution in [-0.2, 0) is 6.42 Å². The Bertz CT molecular complexity index is 618. The number of aromatic nitrogens is 3. The monoisotopic (exact) mass is 313 g/mol. The molecular weight excluding hydrogens is 286 g/mol. The Morgan fingerprint density at radius 2 is 1.96 bits per heavy atom. The van der Waals surface area contributed by atoms with Crippen molar-refractivity contribution in [2.45, 2.75) is 40.0 Å². The highest BCUT2D eigenvalue weighted by Gasteiger charge is 2.15. The minimum Gasteiger partial charge on any atom is -0.308 e. The highest BCUT2D eigenvalue weighted by Crippen LogP contribution is 2.25. The minimum absolute atomic E-state index is 0.867. The molecule has 0 fully saturated rings. The number of hydrazine groups is 1. The number of hydrogen-bond acceptors (Lipinski definition) is 4. The SMILES string of the molecule is C=C(c1cc(CC)ccc1-n1nccn1)N(CCCC)NCC. The van der Waals surface area contributed by atoms with E-state index in [2.05, 4.69) is 66.2 Å². The zero-order chi connectivity index (χ0) is 16.7. The van der Waals surface area contributed by atoms with Gasteiger partial charge in [0.1, 0.15) is 0 Å². The van der Waals surface area contributed by atoms with Gasteiger partial charge in [-0.05, 0) is 30.5 Å². The van der Waals surface area contributed by atoms with Gasteiger partial charge in [-0.1, -0.05) is 39.8 Å². The normalized spacial score (nSPS) is 10.7. The third-order valence-electron chi connectivity index (χ3n) is 3.82. The van der Waals surface area contributed by atoms with Crippen LogP contribution >= 0.6 is 0 Å². The lowest BCUT2D eigenvalue weighted by Gasteiger charge is -2.28. The van der Waals surface area contributed by atoms with Crippen molar-refractivity contribution in [3.63, 3.8) is 0 Å². The summed E-state index contributed by atoms with van der Waals surface area (Å²) in [6.07, 6.45) is 6.65. The Hall–Kier alpha value is -2.14. The molecule has 1 heterocycles. The van der Waals surface area contributed by atoms with Crippen molar-refractivity contribution in [2.75, 3.05) is 13.1 Å². The third-order valence-corrected chi connectivity index (χ3v) is 3.82. The number of hydrogen-bond donors (Lipinski definition) is 1. The van der Waals surface area contributed by atoms with Crippen molar-refractivity contribution in [1.82, 2.24) is 25.4 Å². The summed E-state index contributed by atoms with van der Waals surface area (Å²) in [4.78, 5) is 1.66. The van der Waals surface area contributed by atoms with E-state index in [1.165, 1.54) is 5.56 Å². The van der Waals surface area contributed by atoms with E-state index in [-0.39, 0.29) is 0 Å². The Morgan fingerprint density at radius 1 is 1.22 bits per heavy atom. The van der Waals surface area contributed by atoms with E-state index >= 15 is 0 Å². The van der Waals surface area contributed by atoms with Crippen molar-refractivity contribution in [3.05, 3.63) is 48.3 Å². The van der Waals surface area contributed by atoms with Crippen LogP contribution in [0.15, 0.2) is 37.2 Å². The van der Waals surface area contributed by atoms with Crippen LogP contribution in [0.2, 0.25) is 0 Å². The zero-order valence-electron chi connectivity index (χ0n) is 14.4. The van der Waals surface area contributed by atoms with E-state index in [9.17, 15) is 0 Å². The summed E-state index contributed by atoms with van der Waals surface area (Å²) in [7, 11) is 0. The Labute approximate surface area is 139 Å². The van der Waals surface area contributed by atoms with Crippen LogP contribution < -0.4 is 5.43 Å². The average molecular weight is 313 g/mol. The predicted molar refractivity (Wildman–Crippen MR) is 95.1 cm³/mol. The number of rotatable bonds is 9. The number of nitrogens with one attached hydrogen (secondary N) is 1. The van der Waals surface area contributed by atoms with Gasteiger partial charge in [0.2, 0.25) is 0 Å². The topological polar surface area (TPSA) is 46.0 Å². The average Bonchev–Trinajstić information content (AvgIpc) is 3.11. The number of unbranched alkanes of at least 4 members (excludes halogenated alkanes) is 1. The van der Waals surface area contributed by atoms with Gasteiger partial charge in [0, 0.05) is 18.7 Å². The molecule has 0 saturated carbocycles. The zero-order valence-corrected chi connectivity index (χ0v) is 14.4. The van der Waals surface area contributed by atoms with Crippen LogP contribution in [-0.4, -0.2) is 33.1 Å². The molecular formula is C18H27N5. The maximum atomic E-state index is 4.34. The predicted octanol–water partition coefficient (Wildman–Crippen LogP) is 3.43. The molecule has 1 N–H and O–H groups in total. The molecule has 0 aliphatic rings. The van der Waals surface area contributed by atoms with Crippen molar-refractivity contribution in [2.24, 2.45) is 0 Å². The first-order valence-corrected chi connectivity index (χ1v) is 8.41. The first-order valence-electron chi connectivity index (χ1n) is 8.41. The molecule has 0 aliphatic heterocycles. The molecule has 0 radical (unpaired) electrons. The second-order valence-corrected chi connectivity index (χ2v) is 5.49. The van der Waals surface area contributed by atoms with Gasteiger partial charge in [-0.25, -0.2) is 5.43 Å². The van der Waals surface area contributed by atoms with Gasteiger partial charge in [0.15, 0.2) is 0 Å². The van der Waals surface area contributed by atoms with Crippen molar-refractivity contribution >= 4 is 5.70 Å². The smallest absolute Gasteiger partial charge is 0.0950 e. The summed E-state index contributed by atoms with van der Waals surface area (Å²) in [5.41, 5.74) is 7.67. The van der Waals surface area contributed by atoms with Gasteiger partial charge >= 0.3 is 0 Å². The maximum absolute atomic E-state index is 4.34. The molecule has 5 nitrogen and oxygen atoms in total. The molecule has 5 heteroatoms. The van der Waals surface area contributed by atoms with Crippen LogP contribution in [0.4, 0.5) is 0 Å². The molecule has 0 unspecified atom stereocenters. The van der Waals surface area contributed by atoms with E-state index < -0.39 is 0 Å². The fraction of sp³-hybridized carbons (Fsp3) is 0.444.